The molecule has 7 nitrogen and oxygen atoms in total. The molecule has 2 heterocycles. The zero-order chi connectivity index (χ0) is 28.7. The van der Waals surface area contributed by atoms with Gasteiger partial charge in [-0.05, 0) is 85.0 Å². The Hall–Kier alpha value is -0.730. The maximum Gasteiger partial charge on any atom is 0.311 e. The van der Waals surface area contributed by atoms with Crippen LogP contribution in [0.4, 0.5) is 0 Å². The smallest absolute Gasteiger partial charge is 0.311 e. The average molecular weight is 557 g/mol. The number of carbonyl (C=O) groups excluding carboxylic acids is 1. The fraction of sp³-hybridized carbons (Fsp3) is 0.969. The van der Waals surface area contributed by atoms with E-state index >= 15 is 0 Å². The highest BCUT2D eigenvalue weighted by Gasteiger charge is 2.35. The van der Waals surface area contributed by atoms with Gasteiger partial charge in [0.2, 0.25) is 0 Å². The summed E-state index contributed by atoms with van der Waals surface area (Å²) in [6.45, 7) is 8.24. The molecule has 39 heavy (non-hydrogen) atoms. The Morgan fingerprint density at radius 1 is 0.795 bits per heavy atom. The molecule has 0 aliphatic carbocycles. The summed E-state index contributed by atoms with van der Waals surface area (Å²) >= 11 is 0. The van der Waals surface area contributed by atoms with Crippen molar-refractivity contribution in [3.8, 4) is 0 Å². The van der Waals surface area contributed by atoms with Gasteiger partial charge in [0.15, 0.2) is 0 Å². The summed E-state index contributed by atoms with van der Waals surface area (Å²) < 4.78 is 17.6. The standard InChI is InChI=1S/C32H60O7/c1-5-6-7-8-9-10-11-12-16-28-27(35)20-22-30(39-28)26(34)19-18-25(33)29-21-17-24(38-29)15-13-14-23-37-31(36)32(2,3)4/h24-30,33-35H,5-23H2,1-4H3/t24-,25+,26+,27-,28+,29+,30+/m1/s1. The number of ether oxygens (including phenoxy) is 3. The van der Waals surface area contributed by atoms with Crippen molar-refractivity contribution in [2.24, 2.45) is 5.41 Å². The van der Waals surface area contributed by atoms with Crippen LogP contribution in [-0.4, -0.2) is 70.6 Å². The van der Waals surface area contributed by atoms with Crippen LogP contribution in [0.2, 0.25) is 0 Å². The molecule has 0 saturated carbocycles. The molecule has 0 aromatic rings. The first-order valence-electron chi connectivity index (χ1n) is 16.1. The molecule has 230 valence electrons. The van der Waals surface area contributed by atoms with Crippen molar-refractivity contribution in [1.82, 2.24) is 0 Å². The first kappa shape index (κ1) is 34.5. The lowest BCUT2D eigenvalue weighted by atomic mass is 9.92. The topological polar surface area (TPSA) is 105 Å². The van der Waals surface area contributed by atoms with Crippen LogP contribution >= 0.6 is 0 Å². The van der Waals surface area contributed by atoms with Crippen LogP contribution in [0.3, 0.4) is 0 Å². The van der Waals surface area contributed by atoms with E-state index in [9.17, 15) is 20.1 Å². The van der Waals surface area contributed by atoms with Crippen molar-refractivity contribution >= 4 is 5.97 Å². The van der Waals surface area contributed by atoms with Gasteiger partial charge >= 0.3 is 5.97 Å². The molecule has 0 unspecified atom stereocenters. The highest BCUT2D eigenvalue weighted by Crippen LogP contribution is 2.30. The molecule has 2 fully saturated rings. The zero-order valence-corrected chi connectivity index (χ0v) is 25.5. The quantitative estimate of drug-likeness (QED) is 0.128. The maximum atomic E-state index is 11.8. The van der Waals surface area contributed by atoms with Gasteiger partial charge in [0.1, 0.15) is 0 Å². The van der Waals surface area contributed by atoms with E-state index < -0.39 is 23.7 Å². The molecule has 3 N–H and O–H groups in total. The molecular formula is C32H60O7. The number of carbonyl (C=O) groups is 1. The van der Waals surface area contributed by atoms with Gasteiger partial charge in [-0.2, -0.15) is 0 Å². The Labute approximate surface area is 238 Å². The highest BCUT2D eigenvalue weighted by atomic mass is 16.5. The van der Waals surface area contributed by atoms with Crippen LogP contribution in [0.5, 0.6) is 0 Å². The van der Waals surface area contributed by atoms with Gasteiger partial charge in [-0.25, -0.2) is 0 Å². The van der Waals surface area contributed by atoms with Crippen LogP contribution in [0.25, 0.3) is 0 Å². The molecule has 0 aromatic carbocycles. The lowest BCUT2D eigenvalue weighted by molar-refractivity contribution is -0.156. The van der Waals surface area contributed by atoms with Gasteiger partial charge in [-0.1, -0.05) is 58.3 Å². The minimum absolute atomic E-state index is 0.133. The lowest BCUT2D eigenvalue weighted by Crippen LogP contribution is -2.44. The van der Waals surface area contributed by atoms with Crippen LogP contribution in [0, 0.1) is 5.41 Å². The van der Waals surface area contributed by atoms with E-state index in [0.717, 1.165) is 44.9 Å². The first-order chi connectivity index (χ1) is 18.6. The van der Waals surface area contributed by atoms with Crippen molar-refractivity contribution in [3.05, 3.63) is 0 Å². The van der Waals surface area contributed by atoms with E-state index in [4.69, 9.17) is 14.2 Å². The third-order valence-corrected chi connectivity index (χ3v) is 8.39. The summed E-state index contributed by atoms with van der Waals surface area (Å²) in [6, 6.07) is 0. The van der Waals surface area contributed by atoms with Crippen molar-refractivity contribution < 1.29 is 34.3 Å². The fourth-order valence-electron chi connectivity index (χ4n) is 5.72. The van der Waals surface area contributed by atoms with Crippen LogP contribution in [-0.2, 0) is 19.0 Å². The van der Waals surface area contributed by atoms with Crippen molar-refractivity contribution in [2.45, 2.75) is 186 Å². The van der Waals surface area contributed by atoms with Crippen molar-refractivity contribution in [2.75, 3.05) is 6.61 Å². The largest absolute Gasteiger partial charge is 0.465 e. The van der Waals surface area contributed by atoms with E-state index in [2.05, 4.69) is 6.92 Å². The van der Waals surface area contributed by atoms with Crippen LogP contribution in [0.1, 0.15) is 143 Å². The number of hydrogen-bond donors (Lipinski definition) is 3. The number of esters is 1. The van der Waals surface area contributed by atoms with Crippen LogP contribution < -0.4 is 0 Å². The monoisotopic (exact) mass is 556 g/mol. The predicted molar refractivity (Wildman–Crippen MR) is 155 cm³/mol. The molecule has 0 amide bonds. The Kier molecular flexibility index (Phi) is 16.5. The van der Waals surface area contributed by atoms with Crippen LogP contribution in [0.15, 0.2) is 0 Å². The molecule has 0 aromatic heterocycles. The minimum Gasteiger partial charge on any atom is -0.465 e. The van der Waals surface area contributed by atoms with Gasteiger partial charge in [0.05, 0.1) is 54.7 Å². The normalized spacial score (nSPS) is 27.4. The number of rotatable bonds is 19. The van der Waals surface area contributed by atoms with E-state index in [1.807, 2.05) is 20.8 Å². The van der Waals surface area contributed by atoms with Gasteiger partial charge in [-0.3, -0.25) is 4.79 Å². The number of hydrogen-bond acceptors (Lipinski definition) is 7. The lowest BCUT2D eigenvalue weighted by Gasteiger charge is -2.36. The molecule has 2 saturated heterocycles. The second-order valence-corrected chi connectivity index (χ2v) is 13.1. The number of aliphatic hydroxyl groups is 3. The van der Waals surface area contributed by atoms with E-state index in [1.165, 1.54) is 44.9 Å². The maximum absolute atomic E-state index is 11.8. The second-order valence-electron chi connectivity index (χ2n) is 13.1. The zero-order valence-electron chi connectivity index (χ0n) is 25.5. The molecular weight excluding hydrogens is 496 g/mol. The third-order valence-electron chi connectivity index (χ3n) is 8.39. The molecule has 2 aliphatic rings. The molecule has 7 heteroatoms. The molecule has 7 atom stereocenters. The van der Waals surface area contributed by atoms with Gasteiger partial charge in [0.25, 0.3) is 0 Å². The van der Waals surface area contributed by atoms with Crippen molar-refractivity contribution in [3.63, 3.8) is 0 Å². The molecule has 0 radical (unpaired) electrons. The molecule has 0 bridgehead atoms. The summed E-state index contributed by atoms with van der Waals surface area (Å²) in [5.74, 6) is -0.168. The number of aliphatic hydroxyl groups excluding tert-OH is 3. The Bertz CT molecular complexity index is 649. The highest BCUT2D eigenvalue weighted by molar-refractivity contribution is 5.75. The average Bonchev–Trinajstić information content (AvgIpc) is 3.37. The SMILES string of the molecule is CCCCCCCCCC[C@@H]1O[C@H]([C@@H](O)CC[C@H](O)[C@@H]2CC[C@@H](CCCCOC(=O)C(C)(C)C)O2)CC[C@H]1O. The van der Waals surface area contributed by atoms with E-state index in [0.29, 0.717) is 32.3 Å². The summed E-state index contributed by atoms with van der Waals surface area (Å²) in [7, 11) is 0. The Morgan fingerprint density at radius 3 is 2.00 bits per heavy atom. The number of unbranched alkanes of at least 4 members (excludes halogenated alkanes) is 8. The minimum atomic E-state index is -0.638. The second kappa shape index (κ2) is 18.7. The van der Waals surface area contributed by atoms with Gasteiger partial charge in [-0.15, -0.1) is 0 Å². The summed E-state index contributed by atoms with van der Waals surface area (Å²) in [5.41, 5.74) is -0.468. The predicted octanol–water partition coefficient (Wildman–Crippen LogP) is 6.23. The molecule has 2 aliphatic heterocycles. The Balaban J connectivity index is 1.58. The van der Waals surface area contributed by atoms with E-state index in [-0.39, 0.29) is 30.4 Å². The third kappa shape index (κ3) is 13.7. The summed E-state index contributed by atoms with van der Waals surface area (Å²) in [5, 5.41) is 31.9. The first-order valence-corrected chi connectivity index (χ1v) is 16.1. The Morgan fingerprint density at radius 2 is 1.36 bits per heavy atom. The van der Waals surface area contributed by atoms with Gasteiger partial charge < -0.3 is 29.5 Å². The molecule has 2 rings (SSSR count). The van der Waals surface area contributed by atoms with Crippen molar-refractivity contribution in [1.29, 1.82) is 0 Å². The summed E-state index contributed by atoms with van der Waals surface area (Å²) in [4.78, 5) is 11.8. The van der Waals surface area contributed by atoms with E-state index in [1.54, 1.807) is 0 Å². The summed E-state index contributed by atoms with van der Waals surface area (Å²) in [6.07, 6.45) is 15.3. The molecule has 0 spiro atoms. The van der Waals surface area contributed by atoms with Gasteiger partial charge in [0, 0.05) is 0 Å². The fourth-order valence-corrected chi connectivity index (χ4v) is 5.72.